The molecule has 0 bridgehead atoms. The number of benzene rings is 1. The van der Waals surface area contributed by atoms with E-state index in [1.165, 1.54) is 17.3 Å². The molecular formula is C21H22ClN7S. The second kappa shape index (κ2) is 7.61. The number of hydrogen-bond donors (Lipinski definition) is 3. The fourth-order valence-electron chi connectivity index (χ4n) is 4.25. The second-order valence-electron chi connectivity index (χ2n) is 7.66. The quantitative estimate of drug-likeness (QED) is 0.566. The molecule has 7 nitrogen and oxygen atoms in total. The minimum Gasteiger partial charge on any atom is -0.382 e. The molecule has 0 radical (unpaired) electrons. The highest BCUT2D eigenvalue weighted by Gasteiger charge is 2.45. The van der Waals surface area contributed by atoms with Crippen LogP contribution in [-0.2, 0) is 0 Å². The van der Waals surface area contributed by atoms with Gasteiger partial charge in [0.2, 0.25) is 0 Å². The molecule has 30 heavy (non-hydrogen) atoms. The van der Waals surface area contributed by atoms with Crippen LogP contribution in [0.15, 0.2) is 58.8 Å². The lowest BCUT2D eigenvalue weighted by Gasteiger charge is -2.42. The van der Waals surface area contributed by atoms with E-state index < -0.39 is 0 Å². The molecule has 1 atom stereocenters. The summed E-state index contributed by atoms with van der Waals surface area (Å²) in [5.41, 5.74) is 14.7. The molecule has 4 heterocycles. The maximum absolute atomic E-state index is 6.62. The van der Waals surface area contributed by atoms with Crippen LogP contribution in [0.5, 0.6) is 0 Å². The molecule has 2 aliphatic heterocycles. The lowest BCUT2D eigenvalue weighted by Crippen LogP contribution is -2.52. The van der Waals surface area contributed by atoms with Crippen LogP contribution in [-0.4, -0.2) is 33.6 Å². The van der Waals surface area contributed by atoms with E-state index in [4.69, 9.17) is 23.1 Å². The highest BCUT2D eigenvalue weighted by atomic mass is 35.5. The Morgan fingerprint density at radius 3 is 2.63 bits per heavy atom. The summed E-state index contributed by atoms with van der Waals surface area (Å²) >= 11 is 7.64. The third-order valence-corrected chi connectivity index (χ3v) is 7.45. The molecule has 2 aromatic heterocycles. The van der Waals surface area contributed by atoms with Crippen molar-refractivity contribution in [3.05, 3.63) is 59.5 Å². The van der Waals surface area contributed by atoms with Gasteiger partial charge < -0.3 is 21.7 Å². The van der Waals surface area contributed by atoms with E-state index >= 15 is 0 Å². The van der Waals surface area contributed by atoms with Gasteiger partial charge in [-0.3, -0.25) is 0 Å². The van der Waals surface area contributed by atoms with Crippen molar-refractivity contribution < 1.29 is 0 Å². The van der Waals surface area contributed by atoms with Crippen LogP contribution >= 0.6 is 23.4 Å². The van der Waals surface area contributed by atoms with Crippen molar-refractivity contribution in [1.82, 2.24) is 15.0 Å². The molecule has 1 fully saturated rings. The van der Waals surface area contributed by atoms with Crippen LogP contribution in [0.3, 0.4) is 0 Å². The number of piperidine rings is 1. The number of halogens is 1. The van der Waals surface area contributed by atoms with Gasteiger partial charge in [-0.1, -0.05) is 41.6 Å². The van der Waals surface area contributed by atoms with Crippen LogP contribution in [0.4, 0.5) is 17.3 Å². The van der Waals surface area contributed by atoms with E-state index in [1.54, 1.807) is 12.4 Å². The minimum atomic E-state index is -0.0819. The first kappa shape index (κ1) is 19.4. The fourth-order valence-corrected chi connectivity index (χ4v) is 5.24. The topological polar surface area (TPSA) is 106 Å². The standard InChI is InChI=1S/C21H22ClN7S/c22-18-15(5-8-25-20(18)24)30-17-12-26-16(11-27-17)29-9-6-21(7-10-29)19(23)13-3-1-2-4-14(13)28-21/h1-5,8,11-12,19,28H,6-7,9-10,23H2,(H2,24,25). The first-order chi connectivity index (χ1) is 14.6. The Balaban J connectivity index is 1.26. The van der Waals surface area contributed by atoms with E-state index in [0.29, 0.717) is 10.8 Å². The average Bonchev–Trinajstić information content (AvgIpc) is 3.04. The number of nitrogen functional groups attached to an aromatic ring is 1. The predicted molar refractivity (Wildman–Crippen MR) is 121 cm³/mol. The van der Waals surface area contributed by atoms with Crippen molar-refractivity contribution >= 4 is 40.7 Å². The van der Waals surface area contributed by atoms with E-state index in [-0.39, 0.29) is 11.6 Å². The zero-order valence-corrected chi connectivity index (χ0v) is 17.8. The molecule has 9 heteroatoms. The number of fused-ring (bicyclic) bond motifs is 1. The first-order valence-electron chi connectivity index (χ1n) is 9.83. The maximum atomic E-state index is 6.62. The molecule has 154 valence electrons. The van der Waals surface area contributed by atoms with Crippen LogP contribution in [0, 0.1) is 0 Å². The van der Waals surface area contributed by atoms with Gasteiger partial charge in [-0.2, -0.15) is 0 Å². The Hall–Kier alpha value is -2.55. The first-order valence-corrected chi connectivity index (χ1v) is 11.0. The third kappa shape index (κ3) is 3.34. The minimum absolute atomic E-state index is 0.0123. The summed E-state index contributed by atoms with van der Waals surface area (Å²) in [4.78, 5) is 16.2. The van der Waals surface area contributed by atoms with Crippen LogP contribution < -0.4 is 21.7 Å². The molecule has 5 N–H and O–H groups in total. The van der Waals surface area contributed by atoms with Gasteiger partial charge >= 0.3 is 0 Å². The third-order valence-electron chi connectivity index (χ3n) is 5.96. The molecule has 2 aliphatic rings. The zero-order chi connectivity index (χ0) is 20.7. The van der Waals surface area contributed by atoms with Crippen LogP contribution in [0.2, 0.25) is 5.02 Å². The Morgan fingerprint density at radius 1 is 1.10 bits per heavy atom. The fraction of sp³-hybridized carbons (Fsp3) is 0.286. The van der Waals surface area contributed by atoms with Crippen molar-refractivity contribution in [2.45, 2.75) is 34.3 Å². The zero-order valence-electron chi connectivity index (χ0n) is 16.3. The number of aromatic nitrogens is 3. The maximum Gasteiger partial charge on any atom is 0.147 e. The summed E-state index contributed by atoms with van der Waals surface area (Å²) in [5, 5.41) is 4.90. The summed E-state index contributed by atoms with van der Waals surface area (Å²) in [6, 6.07) is 10.2. The summed E-state index contributed by atoms with van der Waals surface area (Å²) in [6.07, 6.45) is 7.12. The molecule has 0 saturated carbocycles. The van der Waals surface area contributed by atoms with Gasteiger partial charge in [0, 0.05) is 29.9 Å². The molecule has 3 aromatic rings. The Morgan fingerprint density at radius 2 is 1.90 bits per heavy atom. The Labute approximate surface area is 184 Å². The number of nitrogens with zero attached hydrogens (tertiary/aromatic N) is 4. The van der Waals surface area contributed by atoms with E-state index in [1.807, 2.05) is 12.3 Å². The van der Waals surface area contributed by atoms with Gasteiger partial charge in [0.15, 0.2) is 0 Å². The molecular weight excluding hydrogens is 418 g/mol. The molecule has 1 aromatic carbocycles. The van der Waals surface area contributed by atoms with Gasteiger partial charge in [0.25, 0.3) is 0 Å². The number of hydrogen-bond acceptors (Lipinski definition) is 8. The second-order valence-corrected chi connectivity index (χ2v) is 9.10. The van der Waals surface area contributed by atoms with Crippen molar-refractivity contribution in [2.75, 3.05) is 29.0 Å². The van der Waals surface area contributed by atoms with Crippen molar-refractivity contribution in [3.8, 4) is 0 Å². The Bertz CT molecular complexity index is 1070. The normalized spacial score (nSPS) is 19.5. The van der Waals surface area contributed by atoms with Crippen molar-refractivity contribution in [2.24, 2.45) is 5.73 Å². The molecule has 1 saturated heterocycles. The molecule has 1 unspecified atom stereocenters. The van der Waals surface area contributed by atoms with Gasteiger partial charge in [-0.25, -0.2) is 15.0 Å². The number of nitrogens with two attached hydrogens (primary N) is 2. The van der Waals surface area contributed by atoms with E-state index in [2.05, 4.69) is 49.4 Å². The average molecular weight is 440 g/mol. The summed E-state index contributed by atoms with van der Waals surface area (Å²) in [6.45, 7) is 1.76. The molecule has 0 aliphatic carbocycles. The smallest absolute Gasteiger partial charge is 0.147 e. The van der Waals surface area contributed by atoms with E-state index in [0.717, 1.165) is 47.4 Å². The lowest BCUT2D eigenvalue weighted by atomic mass is 9.81. The number of para-hydroxylation sites is 1. The van der Waals surface area contributed by atoms with Crippen LogP contribution in [0.25, 0.3) is 0 Å². The van der Waals surface area contributed by atoms with Gasteiger partial charge in [0.1, 0.15) is 16.7 Å². The highest BCUT2D eigenvalue weighted by molar-refractivity contribution is 7.99. The SMILES string of the molecule is Nc1nccc(Sc2cnc(N3CCC4(CC3)Nc3ccccc3C4N)cn2)c1Cl. The Kier molecular flexibility index (Phi) is 4.92. The van der Waals surface area contributed by atoms with E-state index in [9.17, 15) is 0 Å². The molecule has 1 spiro atoms. The molecule has 5 rings (SSSR count). The van der Waals surface area contributed by atoms with Crippen molar-refractivity contribution in [3.63, 3.8) is 0 Å². The summed E-state index contributed by atoms with van der Waals surface area (Å²) in [7, 11) is 0. The number of pyridine rings is 1. The van der Waals surface area contributed by atoms with Gasteiger partial charge in [-0.15, -0.1) is 0 Å². The largest absolute Gasteiger partial charge is 0.382 e. The van der Waals surface area contributed by atoms with Gasteiger partial charge in [-0.05, 0) is 30.5 Å². The predicted octanol–water partition coefficient (Wildman–Crippen LogP) is 3.72. The monoisotopic (exact) mass is 439 g/mol. The summed E-state index contributed by atoms with van der Waals surface area (Å²) in [5.74, 6) is 1.19. The highest BCUT2D eigenvalue weighted by Crippen LogP contribution is 2.45. The number of anilines is 3. The number of rotatable bonds is 3. The van der Waals surface area contributed by atoms with Gasteiger partial charge in [0.05, 0.1) is 29.0 Å². The lowest BCUT2D eigenvalue weighted by molar-refractivity contribution is 0.322. The summed E-state index contributed by atoms with van der Waals surface area (Å²) < 4.78 is 0. The molecule has 0 amide bonds. The van der Waals surface area contributed by atoms with Crippen molar-refractivity contribution in [1.29, 1.82) is 0 Å². The number of nitrogens with one attached hydrogen (secondary N) is 1. The van der Waals surface area contributed by atoms with Crippen LogP contribution in [0.1, 0.15) is 24.4 Å².